The van der Waals surface area contributed by atoms with Crippen LogP contribution in [0, 0.1) is 11.8 Å². The van der Waals surface area contributed by atoms with E-state index in [2.05, 4.69) is 132 Å². The van der Waals surface area contributed by atoms with Crippen molar-refractivity contribution in [1.29, 1.82) is 0 Å². The Labute approximate surface area is 248 Å². The lowest BCUT2D eigenvalue weighted by atomic mass is 9.67. The van der Waals surface area contributed by atoms with Crippen molar-refractivity contribution in [3.8, 4) is 11.1 Å². The molecule has 10 rings (SSSR count). The molecule has 6 aromatic rings. The molecule has 2 atom stereocenters. The number of nitrogens with zero attached hydrogens (tertiary/aromatic N) is 1. The van der Waals surface area contributed by atoms with E-state index < -0.39 is 0 Å². The normalized spacial score (nSPS) is 22.3. The highest BCUT2D eigenvalue weighted by Gasteiger charge is 2.42. The molecule has 2 fully saturated rings. The predicted molar refractivity (Wildman–Crippen MR) is 177 cm³/mol. The lowest BCUT2D eigenvalue weighted by molar-refractivity contribution is 0.166. The van der Waals surface area contributed by atoms with Gasteiger partial charge in [-0.1, -0.05) is 103 Å². The SMILES string of the molecule is c1ccc(N(c2ccccc2)c2c3ccccc3c(-c3ccc4c(c3)C3CC5CC(CC4C5)C3)c3ccccc23)cc1. The van der Waals surface area contributed by atoms with Crippen molar-refractivity contribution in [1.82, 2.24) is 0 Å². The molecule has 0 saturated heterocycles. The molecule has 4 aliphatic carbocycles. The Morgan fingerprint density at radius 2 is 0.905 bits per heavy atom. The molecule has 4 bridgehead atoms. The van der Waals surface area contributed by atoms with Gasteiger partial charge < -0.3 is 4.90 Å². The molecule has 0 heterocycles. The standard InChI is InChI=1S/C41H35N/c1-3-11-32(12-4-1)42(33-13-5-2-6-14-33)41-37-17-9-7-15-35(37)40(36-16-8-10-18-38(36)41)29-19-20-34-30-22-27-21-28(23-30)25-31(24-27)39(34)26-29/h1-20,26-28,30-31H,21-25H2. The fourth-order valence-electron chi connectivity index (χ4n) is 9.03. The molecule has 0 aromatic heterocycles. The molecule has 204 valence electrons. The van der Waals surface area contributed by atoms with Gasteiger partial charge in [-0.05, 0) is 113 Å². The molecule has 2 saturated carbocycles. The van der Waals surface area contributed by atoms with Gasteiger partial charge in [0.15, 0.2) is 0 Å². The van der Waals surface area contributed by atoms with Crippen molar-refractivity contribution in [2.45, 2.75) is 43.9 Å². The van der Waals surface area contributed by atoms with Gasteiger partial charge in [0.25, 0.3) is 0 Å². The molecule has 4 aliphatic rings. The maximum absolute atomic E-state index is 2.61. The quantitative estimate of drug-likeness (QED) is 0.201. The van der Waals surface area contributed by atoms with Gasteiger partial charge in [0, 0.05) is 22.1 Å². The first-order chi connectivity index (χ1) is 20.8. The van der Waals surface area contributed by atoms with E-state index in [-0.39, 0.29) is 0 Å². The summed E-state index contributed by atoms with van der Waals surface area (Å²) in [5.74, 6) is 3.38. The van der Waals surface area contributed by atoms with E-state index in [1.807, 2.05) is 0 Å². The van der Waals surface area contributed by atoms with Crippen LogP contribution in [0.25, 0.3) is 32.7 Å². The van der Waals surface area contributed by atoms with Crippen LogP contribution in [0.2, 0.25) is 0 Å². The lowest BCUT2D eigenvalue weighted by Gasteiger charge is -2.38. The van der Waals surface area contributed by atoms with Crippen molar-refractivity contribution in [2.75, 3.05) is 4.90 Å². The van der Waals surface area contributed by atoms with Crippen LogP contribution in [0.15, 0.2) is 127 Å². The zero-order valence-electron chi connectivity index (χ0n) is 23.9. The number of rotatable bonds is 4. The monoisotopic (exact) mass is 541 g/mol. The average molecular weight is 542 g/mol. The van der Waals surface area contributed by atoms with Gasteiger partial charge in [-0.3, -0.25) is 0 Å². The number of hydrogen-bond acceptors (Lipinski definition) is 1. The molecule has 42 heavy (non-hydrogen) atoms. The number of para-hydroxylation sites is 2. The van der Waals surface area contributed by atoms with E-state index in [4.69, 9.17) is 0 Å². The Morgan fingerprint density at radius 1 is 0.429 bits per heavy atom. The third-order valence-electron chi connectivity index (χ3n) is 10.5. The molecule has 1 nitrogen and oxygen atoms in total. The zero-order valence-corrected chi connectivity index (χ0v) is 23.9. The fourth-order valence-corrected chi connectivity index (χ4v) is 9.03. The van der Waals surface area contributed by atoms with Crippen LogP contribution >= 0.6 is 0 Å². The summed E-state index contributed by atoms with van der Waals surface area (Å²) in [5.41, 5.74) is 9.66. The van der Waals surface area contributed by atoms with Crippen LogP contribution < -0.4 is 4.90 Å². The lowest BCUT2D eigenvalue weighted by Crippen LogP contribution is -2.25. The molecule has 0 aliphatic heterocycles. The summed E-state index contributed by atoms with van der Waals surface area (Å²) in [6, 6.07) is 47.4. The summed E-state index contributed by atoms with van der Waals surface area (Å²) >= 11 is 0. The van der Waals surface area contributed by atoms with Crippen molar-refractivity contribution >= 4 is 38.6 Å². The highest BCUT2D eigenvalue weighted by atomic mass is 15.1. The van der Waals surface area contributed by atoms with Crippen molar-refractivity contribution in [2.24, 2.45) is 11.8 Å². The maximum Gasteiger partial charge on any atom is 0.0618 e. The topological polar surface area (TPSA) is 3.24 Å². The van der Waals surface area contributed by atoms with Crippen LogP contribution in [0.1, 0.15) is 55.1 Å². The summed E-state index contributed by atoms with van der Waals surface area (Å²) in [5, 5.41) is 5.22. The summed E-state index contributed by atoms with van der Waals surface area (Å²) in [4.78, 5) is 2.45. The smallest absolute Gasteiger partial charge is 0.0618 e. The highest BCUT2D eigenvalue weighted by molar-refractivity contribution is 6.22. The third kappa shape index (κ3) is 3.76. The minimum absolute atomic E-state index is 0.736. The Bertz CT molecular complexity index is 1830. The van der Waals surface area contributed by atoms with Crippen LogP contribution in [0.3, 0.4) is 0 Å². The van der Waals surface area contributed by atoms with Crippen LogP contribution in [0.4, 0.5) is 17.1 Å². The Morgan fingerprint density at radius 3 is 1.45 bits per heavy atom. The summed E-state index contributed by atoms with van der Waals surface area (Å²) in [6.07, 6.45) is 7.09. The minimum Gasteiger partial charge on any atom is -0.309 e. The van der Waals surface area contributed by atoms with Gasteiger partial charge in [0.1, 0.15) is 0 Å². The minimum atomic E-state index is 0.736. The maximum atomic E-state index is 2.61. The zero-order chi connectivity index (χ0) is 27.6. The molecule has 0 N–H and O–H groups in total. The number of fused-ring (bicyclic) bond motifs is 2. The van der Waals surface area contributed by atoms with Crippen molar-refractivity contribution < 1.29 is 0 Å². The molecular formula is C41H35N. The molecular weight excluding hydrogens is 506 g/mol. The summed E-state index contributed by atoms with van der Waals surface area (Å²) in [7, 11) is 0. The van der Waals surface area contributed by atoms with Gasteiger partial charge >= 0.3 is 0 Å². The van der Waals surface area contributed by atoms with Crippen LogP contribution in [-0.4, -0.2) is 0 Å². The first-order valence-corrected chi connectivity index (χ1v) is 15.8. The first kappa shape index (κ1) is 24.3. The fraction of sp³-hybridized carbons (Fsp3) is 0.220. The van der Waals surface area contributed by atoms with Crippen molar-refractivity contribution in [3.05, 3.63) is 139 Å². The average Bonchev–Trinajstić information content (AvgIpc) is 3.21. The first-order valence-electron chi connectivity index (χ1n) is 15.8. The second-order valence-corrected chi connectivity index (χ2v) is 13.0. The van der Waals surface area contributed by atoms with Gasteiger partial charge in [0.05, 0.1) is 5.69 Å². The third-order valence-corrected chi connectivity index (χ3v) is 10.5. The Balaban J connectivity index is 1.32. The van der Waals surface area contributed by atoms with E-state index in [1.54, 1.807) is 11.1 Å². The number of benzene rings is 6. The largest absolute Gasteiger partial charge is 0.309 e. The second-order valence-electron chi connectivity index (χ2n) is 13.0. The predicted octanol–water partition coefficient (Wildman–Crippen LogP) is 11.5. The van der Waals surface area contributed by atoms with E-state index in [9.17, 15) is 0 Å². The van der Waals surface area contributed by atoms with E-state index in [1.165, 1.54) is 81.8 Å². The molecule has 0 amide bonds. The van der Waals surface area contributed by atoms with Crippen LogP contribution in [-0.2, 0) is 0 Å². The molecule has 0 radical (unpaired) electrons. The van der Waals surface area contributed by atoms with Crippen LogP contribution in [0.5, 0.6) is 0 Å². The van der Waals surface area contributed by atoms with E-state index in [0.717, 1.165) is 23.7 Å². The molecule has 0 spiro atoms. The van der Waals surface area contributed by atoms with Gasteiger partial charge in [-0.25, -0.2) is 0 Å². The van der Waals surface area contributed by atoms with Gasteiger partial charge in [-0.15, -0.1) is 0 Å². The molecule has 1 heteroatoms. The van der Waals surface area contributed by atoms with E-state index in [0.29, 0.717) is 0 Å². The molecule has 6 aromatic carbocycles. The number of anilines is 3. The van der Waals surface area contributed by atoms with Gasteiger partial charge in [-0.2, -0.15) is 0 Å². The summed E-state index contributed by atoms with van der Waals surface area (Å²) < 4.78 is 0. The number of hydrogen-bond donors (Lipinski definition) is 0. The Kier molecular flexibility index (Phi) is 5.54. The highest BCUT2D eigenvalue weighted by Crippen LogP contribution is 2.57. The Hall–Kier alpha value is -4.36. The second kappa shape index (κ2) is 9.60. The summed E-state index contributed by atoms with van der Waals surface area (Å²) in [6.45, 7) is 0. The van der Waals surface area contributed by atoms with Gasteiger partial charge in [0.2, 0.25) is 0 Å². The van der Waals surface area contributed by atoms with Crippen molar-refractivity contribution in [3.63, 3.8) is 0 Å². The molecule has 2 unspecified atom stereocenters. The van der Waals surface area contributed by atoms with E-state index >= 15 is 0 Å².